The standard InChI is InChI=1S/C21H23FN2O2S2/c1-3-24-20(25)18-17(14-7-9-15(22)10-8-14)13(2)28-19(18)23-21(24)27-12-16-6-4-5-11-26-16/h7-10,16H,3-6,11-12H2,1-2H3/t16-/m1/s1. The summed E-state index contributed by atoms with van der Waals surface area (Å²) in [6.07, 6.45) is 3.63. The van der Waals surface area contributed by atoms with Gasteiger partial charge in [-0.2, -0.15) is 0 Å². The minimum atomic E-state index is -0.284. The molecule has 1 aromatic carbocycles. The van der Waals surface area contributed by atoms with Gasteiger partial charge >= 0.3 is 0 Å². The average Bonchev–Trinajstić information content (AvgIpc) is 3.04. The Morgan fingerprint density at radius 3 is 2.79 bits per heavy atom. The third-order valence-electron chi connectivity index (χ3n) is 5.07. The Morgan fingerprint density at radius 2 is 2.11 bits per heavy atom. The lowest BCUT2D eigenvalue weighted by Crippen LogP contribution is -2.24. The zero-order valence-corrected chi connectivity index (χ0v) is 17.7. The molecule has 0 bridgehead atoms. The van der Waals surface area contributed by atoms with E-state index in [0.29, 0.717) is 11.9 Å². The second-order valence-corrected chi connectivity index (χ2v) is 9.15. The fourth-order valence-electron chi connectivity index (χ4n) is 3.64. The van der Waals surface area contributed by atoms with E-state index in [2.05, 4.69) is 0 Å². The molecule has 2 aromatic heterocycles. The Hall–Kier alpha value is -1.70. The molecule has 0 aliphatic carbocycles. The molecule has 1 fully saturated rings. The minimum absolute atomic E-state index is 0.0248. The van der Waals surface area contributed by atoms with Crippen LogP contribution < -0.4 is 5.56 Å². The third-order valence-corrected chi connectivity index (χ3v) is 7.18. The van der Waals surface area contributed by atoms with E-state index >= 15 is 0 Å². The third kappa shape index (κ3) is 3.75. The van der Waals surface area contributed by atoms with E-state index in [-0.39, 0.29) is 17.5 Å². The first kappa shape index (κ1) is 19.6. The molecule has 1 aliphatic rings. The summed E-state index contributed by atoms with van der Waals surface area (Å²) in [6, 6.07) is 6.31. The number of aromatic nitrogens is 2. The molecule has 3 heterocycles. The van der Waals surface area contributed by atoms with Crippen molar-refractivity contribution in [2.75, 3.05) is 12.4 Å². The van der Waals surface area contributed by atoms with Gasteiger partial charge in [-0.15, -0.1) is 11.3 Å². The Bertz CT molecular complexity index is 1040. The molecule has 0 amide bonds. The first-order chi connectivity index (χ1) is 13.6. The Labute approximate surface area is 171 Å². The van der Waals surface area contributed by atoms with Crippen LogP contribution in [-0.4, -0.2) is 28.0 Å². The zero-order chi connectivity index (χ0) is 19.7. The van der Waals surface area contributed by atoms with Crippen molar-refractivity contribution in [1.29, 1.82) is 0 Å². The number of aryl methyl sites for hydroxylation is 1. The van der Waals surface area contributed by atoms with Crippen LogP contribution in [0.15, 0.2) is 34.2 Å². The lowest BCUT2D eigenvalue weighted by atomic mass is 10.0. The number of benzene rings is 1. The lowest BCUT2D eigenvalue weighted by Gasteiger charge is -2.22. The predicted octanol–water partition coefficient (Wildman–Crippen LogP) is 5.25. The molecular weight excluding hydrogens is 395 g/mol. The van der Waals surface area contributed by atoms with Crippen LogP contribution >= 0.6 is 23.1 Å². The molecular formula is C21H23FN2O2S2. The Morgan fingerprint density at radius 1 is 1.32 bits per heavy atom. The van der Waals surface area contributed by atoms with E-state index in [4.69, 9.17) is 9.72 Å². The first-order valence-corrected chi connectivity index (χ1v) is 11.4. The van der Waals surface area contributed by atoms with Gasteiger partial charge in [-0.25, -0.2) is 9.37 Å². The predicted molar refractivity (Wildman–Crippen MR) is 114 cm³/mol. The number of hydrogen-bond acceptors (Lipinski definition) is 5. The van der Waals surface area contributed by atoms with Gasteiger partial charge in [-0.05, 0) is 50.8 Å². The summed E-state index contributed by atoms with van der Waals surface area (Å²) >= 11 is 3.13. The molecule has 1 saturated heterocycles. The molecule has 0 N–H and O–H groups in total. The Kier molecular flexibility index (Phi) is 5.85. The van der Waals surface area contributed by atoms with Crippen molar-refractivity contribution in [3.8, 4) is 11.1 Å². The monoisotopic (exact) mass is 418 g/mol. The lowest BCUT2D eigenvalue weighted by molar-refractivity contribution is 0.0315. The normalized spacial score (nSPS) is 17.3. The summed E-state index contributed by atoms with van der Waals surface area (Å²) in [6.45, 7) is 5.34. The van der Waals surface area contributed by atoms with Crippen molar-refractivity contribution < 1.29 is 9.13 Å². The van der Waals surface area contributed by atoms with Crippen molar-refractivity contribution in [3.05, 3.63) is 45.3 Å². The molecule has 4 rings (SSSR count). The van der Waals surface area contributed by atoms with Gasteiger partial charge in [0.05, 0.1) is 11.5 Å². The summed E-state index contributed by atoms with van der Waals surface area (Å²) in [5, 5.41) is 1.38. The zero-order valence-electron chi connectivity index (χ0n) is 16.0. The molecule has 4 nitrogen and oxygen atoms in total. The molecule has 28 heavy (non-hydrogen) atoms. The molecule has 0 unspecified atom stereocenters. The topological polar surface area (TPSA) is 44.1 Å². The summed E-state index contributed by atoms with van der Waals surface area (Å²) in [4.78, 5) is 19.9. The molecule has 7 heteroatoms. The van der Waals surface area contributed by atoms with Gasteiger partial charge in [-0.3, -0.25) is 9.36 Å². The second kappa shape index (κ2) is 8.35. The van der Waals surface area contributed by atoms with E-state index < -0.39 is 0 Å². The highest BCUT2D eigenvalue weighted by atomic mass is 32.2. The van der Waals surface area contributed by atoms with Crippen LogP contribution in [0.3, 0.4) is 0 Å². The average molecular weight is 419 g/mol. The van der Waals surface area contributed by atoms with Crippen LogP contribution in [0.4, 0.5) is 4.39 Å². The van der Waals surface area contributed by atoms with Crippen LogP contribution in [0, 0.1) is 12.7 Å². The first-order valence-electron chi connectivity index (χ1n) is 9.62. The van der Waals surface area contributed by atoms with Gasteiger partial charge in [0, 0.05) is 29.3 Å². The van der Waals surface area contributed by atoms with Crippen LogP contribution in [0.25, 0.3) is 21.3 Å². The van der Waals surface area contributed by atoms with Gasteiger partial charge in [0.15, 0.2) is 5.16 Å². The smallest absolute Gasteiger partial charge is 0.263 e. The molecule has 3 aromatic rings. The maximum absolute atomic E-state index is 13.3. The number of rotatable bonds is 5. The number of ether oxygens (including phenoxy) is 1. The van der Waals surface area contributed by atoms with E-state index in [9.17, 15) is 9.18 Å². The maximum atomic E-state index is 13.3. The van der Waals surface area contributed by atoms with Gasteiger partial charge < -0.3 is 4.74 Å². The highest BCUT2D eigenvalue weighted by molar-refractivity contribution is 7.99. The Balaban J connectivity index is 1.75. The molecule has 148 valence electrons. The summed E-state index contributed by atoms with van der Waals surface area (Å²) < 4.78 is 20.9. The van der Waals surface area contributed by atoms with Crippen LogP contribution in [0.5, 0.6) is 0 Å². The van der Waals surface area contributed by atoms with Crippen LogP contribution in [-0.2, 0) is 11.3 Å². The summed E-state index contributed by atoms with van der Waals surface area (Å²) in [5.41, 5.74) is 1.69. The van der Waals surface area contributed by atoms with Gasteiger partial charge in [0.2, 0.25) is 0 Å². The highest BCUT2D eigenvalue weighted by Gasteiger charge is 2.21. The molecule has 0 saturated carbocycles. The van der Waals surface area contributed by atoms with E-state index in [0.717, 1.165) is 51.2 Å². The van der Waals surface area contributed by atoms with Crippen LogP contribution in [0.2, 0.25) is 0 Å². The molecule has 1 atom stereocenters. The van der Waals surface area contributed by atoms with Crippen molar-refractivity contribution in [2.24, 2.45) is 0 Å². The second-order valence-electron chi connectivity index (χ2n) is 6.96. The fourth-order valence-corrected chi connectivity index (χ4v) is 5.85. The minimum Gasteiger partial charge on any atom is -0.377 e. The number of thioether (sulfide) groups is 1. The molecule has 1 aliphatic heterocycles. The quantitative estimate of drug-likeness (QED) is 0.419. The van der Waals surface area contributed by atoms with Crippen molar-refractivity contribution in [3.63, 3.8) is 0 Å². The van der Waals surface area contributed by atoms with E-state index in [1.165, 1.54) is 29.9 Å². The molecule has 0 radical (unpaired) electrons. The van der Waals surface area contributed by atoms with Gasteiger partial charge in [0.1, 0.15) is 10.6 Å². The highest BCUT2D eigenvalue weighted by Crippen LogP contribution is 2.36. The number of hydrogen-bond donors (Lipinski definition) is 0. The molecule has 0 spiro atoms. The summed E-state index contributed by atoms with van der Waals surface area (Å²) in [7, 11) is 0. The van der Waals surface area contributed by atoms with Gasteiger partial charge in [-0.1, -0.05) is 23.9 Å². The number of fused-ring (bicyclic) bond motifs is 1. The van der Waals surface area contributed by atoms with E-state index in [1.807, 2.05) is 13.8 Å². The SMILES string of the molecule is CCn1c(SC[C@H]2CCCCO2)nc2sc(C)c(-c3ccc(F)cc3)c2c1=O. The number of halogens is 1. The fraction of sp³-hybridized carbons (Fsp3) is 0.429. The van der Waals surface area contributed by atoms with Crippen molar-refractivity contribution in [1.82, 2.24) is 9.55 Å². The summed E-state index contributed by atoms with van der Waals surface area (Å²) in [5.74, 6) is 0.529. The number of thiophene rings is 1. The maximum Gasteiger partial charge on any atom is 0.263 e. The van der Waals surface area contributed by atoms with E-state index in [1.54, 1.807) is 28.5 Å². The van der Waals surface area contributed by atoms with Crippen molar-refractivity contribution >= 4 is 33.3 Å². The largest absolute Gasteiger partial charge is 0.377 e. The van der Waals surface area contributed by atoms with Crippen molar-refractivity contribution in [2.45, 2.75) is 50.9 Å². The van der Waals surface area contributed by atoms with Gasteiger partial charge in [0.25, 0.3) is 5.56 Å². The van der Waals surface area contributed by atoms with Crippen LogP contribution in [0.1, 0.15) is 31.1 Å². The number of nitrogens with zero attached hydrogens (tertiary/aromatic N) is 2.